The molecular formula is C57H41N. The lowest BCUT2D eigenvalue weighted by Crippen LogP contribution is -2.37. The Morgan fingerprint density at radius 1 is 0.431 bits per heavy atom. The van der Waals surface area contributed by atoms with E-state index in [2.05, 4.69) is 235 Å². The SMILES string of the molecule is C1=CC(N(c2cccc(-c3ccc4ccc5ccccc5c4c3)c2)c2ccccc2-c2ccccc2)CC2=C1c1ccccc1C2(c1ccccc1)c1ccccc1. The van der Waals surface area contributed by atoms with E-state index in [-0.39, 0.29) is 6.04 Å². The summed E-state index contributed by atoms with van der Waals surface area (Å²) in [6, 6.07) is 80.5. The lowest BCUT2D eigenvalue weighted by Gasteiger charge is -2.41. The lowest BCUT2D eigenvalue weighted by atomic mass is 9.65. The Bertz CT molecular complexity index is 2990. The van der Waals surface area contributed by atoms with Crippen LogP contribution in [0.2, 0.25) is 0 Å². The van der Waals surface area contributed by atoms with Crippen molar-refractivity contribution in [2.75, 3.05) is 4.90 Å². The second-order valence-corrected chi connectivity index (χ2v) is 15.6. The molecule has 1 heteroatoms. The Morgan fingerprint density at radius 3 is 1.79 bits per heavy atom. The normalized spacial score (nSPS) is 15.3. The molecule has 1 atom stereocenters. The topological polar surface area (TPSA) is 3.24 Å². The quantitative estimate of drug-likeness (QED) is 0.147. The van der Waals surface area contributed by atoms with Crippen LogP contribution in [-0.2, 0) is 5.41 Å². The van der Waals surface area contributed by atoms with Crippen molar-refractivity contribution in [3.63, 3.8) is 0 Å². The fraction of sp³-hybridized carbons (Fsp3) is 0.0526. The van der Waals surface area contributed by atoms with E-state index in [1.165, 1.54) is 82.9 Å². The van der Waals surface area contributed by atoms with Crippen molar-refractivity contribution in [3.05, 3.63) is 258 Å². The Balaban J connectivity index is 1.10. The van der Waals surface area contributed by atoms with E-state index in [0.29, 0.717) is 0 Å². The molecule has 0 fully saturated rings. The van der Waals surface area contributed by atoms with Crippen LogP contribution in [0, 0.1) is 0 Å². The van der Waals surface area contributed by atoms with Crippen molar-refractivity contribution < 1.29 is 0 Å². The second-order valence-electron chi connectivity index (χ2n) is 15.6. The molecule has 9 aromatic rings. The van der Waals surface area contributed by atoms with Gasteiger partial charge in [0.15, 0.2) is 0 Å². The zero-order chi connectivity index (χ0) is 38.5. The smallest absolute Gasteiger partial charge is 0.0677 e. The molecule has 0 aliphatic heterocycles. The molecule has 0 bridgehead atoms. The number of allylic oxidation sites excluding steroid dienone is 2. The van der Waals surface area contributed by atoms with Crippen molar-refractivity contribution in [2.24, 2.45) is 0 Å². The largest absolute Gasteiger partial charge is 0.334 e. The molecule has 1 nitrogen and oxygen atoms in total. The first-order valence-corrected chi connectivity index (χ1v) is 20.4. The maximum atomic E-state index is 2.60. The molecule has 0 aromatic heterocycles. The number of anilines is 2. The Morgan fingerprint density at radius 2 is 1.02 bits per heavy atom. The summed E-state index contributed by atoms with van der Waals surface area (Å²) in [5, 5.41) is 5.08. The molecule has 0 spiro atoms. The van der Waals surface area contributed by atoms with Gasteiger partial charge < -0.3 is 4.90 Å². The highest BCUT2D eigenvalue weighted by atomic mass is 15.2. The predicted molar refractivity (Wildman–Crippen MR) is 245 cm³/mol. The molecule has 9 aromatic carbocycles. The lowest BCUT2D eigenvalue weighted by molar-refractivity contribution is 0.653. The predicted octanol–water partition coefficient (Wildman–Crippen LogP) is 14.6. The van der Waals surface area contributed by atoms with Gasteiger partial charge in [0.1, 0.15) is 0 Å². The van der Waals surface area contributed by atoms with Crippen LogP contribution in [0.4, 0.5) is 11.4 Å². The van der Waals surface area contributed by atoms with Gasteiger partial charge in [0.25, 0.3) is 0 Å². The number of hydrogen-bond acceptors (Lipinski definition) is 1. The average molecular weight is 740 g/mol. The van der Waals surface area contributed by atoms with Gasteiger partial charge in [0.05, 0.1) is 11.5 Å². The second kappa shape index (κ2) is 14.1. The summed E-state index contributed by atoms with van der Waals surface area (Å²) < 4.78 is 0. The molecular weight excluding hydrogens is 699 g/mol. The number of hydrogen-bond donors (Lipinski definition) is 0. The molecule has 1 unspecified atom stereocenters. The minimum Gasteiger partial charge on any atom is -0.334 e. The first-order valence-electron chi connectivity index (χ1n) is 20.4. The summed E-state index contributed by atoms with van der Waals surface area (Å²) in [7, 11) is 0. The third-order valence-corrected chi connectivity index (χ3v) is 12.5. The molecule has 0 amide bonds. The number of rotatable bonds is 7. The van der Waals surface area contributed by atoms with Crippen molar-refractivity contribution >= 4 is 38.5 Å². The van der Waals surface area contributed by atoms with Gasteiger partial charge >= 0.3 is 0 Å². The highest BCUT2D eigenvalue weighted by molar-refractivity contribution is 6.08. The molecule has 0 radical (unpaired) electrons. The van der Waals surface area contributed by atoms with Crippen molar-refractivity contribution in [1.29, 1.82) is 0 Å². The maximum Gasteiger partial charge on any atom is 0.0677 e. The van der Waals surface area contributed by atoms with Crippen LogP contribution in [0.15, 0.2) is 236 Å². The molecule has 2 aliphatic rings. The number of para-hydroxylation sites is 1. The number of fused-ring (bicyclic) bond motifs is 5. The van der Waals surface area contributed by atoms with Crippen LogP contribution >= 0.6 is 0 Å². The molecule has 274 valence electrons. The van der Waals surface area contributed by atoms with Gasteiger partial charge in [-0.2, -0.15) is 0 Å². The monoisotopic (exact) mass is 739 g/mol. The third-order valence-electron chi connectivity index (χ3n) is 12.5. The minimum atomic E-state index is -0.433. The molecule has 58 heavy (non-hydrogen) atoms. The Kier molecular flexibility index (Phi) is 8.26. The van der Waals surface area contributed by atoms with E-state index in [1.807, 2.05) is 0 Å². The zero-order valence-corrected chi connectivity index (χ0v) is 32.2. The summed E-state index contributed by atoms with van der Waals surface area (Å²) in [4.78, 5) is 2.60. The van der Waals surface area contributed by atoms with E-state index in [1.54, 1.807) is 0 Å². The zero-order valence-electron chi connectivity index (χ0n) is 32.2. The molecule has 0 saturated heterocycles. The Hall–Kier alpha value is -7.22. The third kappa shape index (κ3) is 5.46. The molecule has 0 saturated carbocycles. The standard InChI is InChI=1S/C57H41N/c1-4-17-40(18-5-1)50-27-13-15-30-56(50)58(47-25-16-20-43(37-47)44-34-33-42-32-31-41-19-10-11-26-49(41)53(42)38-44)48-35-36-52-51-28-12-14-29-54(51)57(55(52)39-48,45-21-6-2-7-22-45)46-23-8-3-9-24-46/h1-38,48H,39H2. The first-order chi connectivity index (χ1) is 28.8. The van der Waals surface area contributed by atoms with Crippen molar-refractivity contribution in [3.8, 4) is 22.3 Å². The molecule has 2 aliphatic carbocycles. The summed E-state index contributed by atoms with van der Waals surface area (Å²) in [6.07, 6.45) is 5.73. The van der Waals surface area contributed by atoms with Crippen LogP contribution in [0.5, 0.6) is 0 Å². The van der Waals surface area contributed by atoms with Gasteiger partial charge in [0, 0.05) is 16.9 Å². The van der Waals surface area contributed by atoms with Gasteiger partial charge in [-0.3, -0.25) is 0 Å². The summed E-state index contributed by atoms with van der Waals surface area (Å²) in [6.45, 7) is 0. The molecule has 0 heterocycles. The molecule has 0 N–H and O–H groups in total. The average Bonchev–Trinajstić information content (AvgIpc) is 3.60. The van der Waals surface area contributed by atoms with E-state index >= 15 is 0 Å². The van der Waals surface area contributed by atoms with Gasteiger partial charge in [-0.15, -0.1) is 0 Å². The fourth-order valence-electron chi connectivity index (χ4n) is 9.96. The van der Waals surface area contributed by atoms with Gasteiger partial charge in [-0.1, -0.05) is 206 Å². The number of benzene rings is 9. The van der Waals surface area contributed by atoms with Crippen LogP contribution in [0.25, 0.3) is 49.4 Å². The highest BCUT2D eigenvalue weighted by Gasteiger charge is 2.48. The fourth-order valence-corrected chi connectivity index (χ4v) is 9.96. The summed E-state index contributed by atoms with van der Waals surface area (Å²) >= 11 is 0. The Labute approximate surface area is 340 Å². The summed E-state index contributed by atoms with van der Waals surface area (Å²) in [5.41, 5.74) is 14.8. The van der Waals surface area contributed by atoms with Gasteiger partial charge in [-0.25, -0.2) is 0 Å². The van der Waals surface area contributed by atoms with Crippen LogP contribution in [-0.4, -0.2) is 6.04 Å². The number of nitrogens with zero attached hydrogens (tertiary/aromatic N) is 1. The van der Waals surface area contributed by atoms with E-state index in [0.717, 1.165) is 12.1 Å². The van der Waals surface area contributed by atoms with Crippen LogP contribution < -0.4 is 4.90 Å². The maximum absolute atomic E-state index is 2.60. The van der Waals surface area contributed by atoms with E-state index < -0.39 is 5.41 Å². The van der Waals surface area contributed by atoms with E-state index in [9.17, 15) is 0 Å². The van der Waals surface area contributed by atoms with Gasteiger partial charge in [0.2, 0.25) is 0 Å². The summed E-state index contributed by atoms with van der Waals surface area (Å²) in [5.74, 6) is 0. The van der Waals surface area contributed by atoms with Gasteiger partial charge in [-0.05, 0) is 102 Å². The molecule has 11 rings (SSSR count). The van der Waals surface area contributed by atoms with E-state index in [4.69, 9.17) is 0 Å². The first kappa shape index (κ1) is 34.1. The van der Waals surface area contributed by atoms with Crippen LogP contribution in [0.3, 0.4) is 0 Å². The minimum absolute atomic E-state index is 0.0283. The van der Waals surface area contributed by atoms with Crippen LogP contribution in [0.1, 0.15) is 28.7 Å². The van der Waals surface area contributed by atoms with Crippen molar-refractivity contribution in [1.82, 2.24) is 0 Å². The van der Waals surface area contributed by atoms with Crippen molar-refractivity contribution in [2.45, 2.75) is 17.9 Å². The highest BCUT2D eigenvalue weighted by Crippen LogP contribution is 2.58.